The van der Waals surface area contributed by atoms with Gasteiger partial charge >= 0.3 is 0 Å². The molecular formula is C16H25NO2. The fraction of sp³-hybridized carbons (Fsp3) is 0.625. The second-order valence-electron chi connectivity index (χ2n) is 5.32. The SMILES string of the molecule is CCCNC(C)c1ccc(OCOCC2CC2)cc1. The molecule has 3 heteroatoms. The van der Waals surface area contributed by atoms with Crippen molar-refractivity contribution in [2.75, 3.05) is 19.9 Å². The molecule has 0 aromatic heterocycles. The highest BCUT2D eigenvalue weighted by atomic mass is 16.7. The van der Waals surface area contributed by atoms with Crippen LogP contribution < -0.4 is 10.1 Å². The Balaban J connectivity index is 1.70. The molecule has 0 amide bonds. The zero-order chi connectivity index (χ0) is 13.5. The first kappa shape index (κ1) is 14.4. The molecule has 1 aromatic rings. The summed E-state index contributed by atoms with van der Waals surface area (Å²) in [5, 5.41) is 3.47. The zero-order valence-electron chi connectivity index (χ0n) is 12.0. The molecule has 1 aromatic carbocycles. The molecule has 1 atom stereocenters. The summed E-state index contributed by atoms with van der Waals surface area (Å²) < 4.78 is 11.0. The third-order valence-electron chi connectivity index (χ3n) is 3.44. The number of rotatable bonds is 9. The highest BCUT2D eigenvalue weighted by molar-refractivity contribution is 5.28. The lowest BCUT2D eigenvalue weighted by Crippen LogP contribution is -2.19. The number of nitrogens with one attached hydrogen (secondary N) is 1. The number of benzene rings is 1. The van der Waals surface area contributed by atoms with E-state index < -0.39 is 0 Å². The molecular weight excluding hydrogens is 238 g/mol. The molecule has 2 rings (SSSR count). The average Bonchev–Trinajstić information content (AvgIpc) is 3.26. The van der Waals surface area contributed by atoms with E-state index in [1.54, 1.807) is 0 Å². The summed E-state index contributed by atoms with van der Waals surface area (Å²) in [6, 6.07) is 8.65. The van der Waals surface area contributed by atoms with Crippen LogP contribution >= 0.6 is 0 Å². The largest absolute Gasteiger partial charge is 0.468 e. The molecule has 0 saturated heterocycles. The van der Waals surface area contributed by atoms with Crippen LogP contribution in [-0.2, 0) is 4.74 Å². The molecule has 1 unspecified atom stereocenters. The van der Waals surface area contributed by atoms with Crippen LogP contribution in [0, 0.1) is 5.92 Å². The summed E-state index contributed by atoms with van der Waals surface area (Å²) in [5.74, 6) is 1.67. The molecule has 0 aliphatic heterocycles. The van der Waals surface area contributed by atoms with Gasteiger partial charge in [0.1, 0.15) is 5.75 Å². The third-order valence-corrected chi connectivity index (χ3v) is 3.44. The van der Waals surface area contributed by atoms with Crippen molar-refractivity contribution in [3.8, 4) is 5.75 Å². The Kier molecular flexibility index (Phi) is 5.67. The average molecular weight is 263 g/mol. The van der Waals surface area contributed by atoms with Crippen LogP contribution in [0.4, 0.5) is 0 Å². The van der Waals surface area contributed by atoms with E-state index in [0.29, 0.717) is 12.8 Å². The van der Waals surface area contributed by atoms with E-state index in [1.807, 2.05) is 12.1 Å². The summed E-state index contributed by atoms with van der Waals surface area (Å²) in [5.41, 5.74) is 1.29. The Morgan fingerprint density at radius 1 is 1.26 bits per heavy atom. The summed E-state index contributed by atoms with van der Waals surface area (Å²) in [7, 11) is 0. The van der Waals surface area contributed by atoms with Gasteiger partial charge in [-0.2, -0.15) is 0 Å². The van der Waals surface area contributed by atoms with Gasteiger partial charge < -0.3 is 14.8 Å². The van der Waals surface area contributed by atoms with Gasteiger partial charge in [0.25, 0.3) is 0 Å². The topological polar surface area (TPSA) is 30.5 Å². The number of ether oxygens (including phenoxy) is 2. The van der Waals surface area contributed by atoms with Gasteiger partial charge in [0.2, 0.25) is 0 Å². The van der Waals surface area contributed by atoms with Gasteiger partial charge in [-0.1, -0.05) is 19.1 Å². The van der Waals surface area contributed by atoms with Crippen molar-refractivity contribution >= 4 is 0 Å². The van der Waals surface area contributed by atoms with E-state index >= 15 is 0 Å². The van der Waals surface area contributed by atoms with Crippen molar-refractivity contribution in [3.05, 3.63) is 29.8 Å². The van der Waals surface area contributed by atoms with Crippen LogP contribution in [0.25, 0.3) is 0 Å². The van der Waals surface area contributed by atoms with Crippen LogP contribution in [0.1, 0.15) is 44.7 Å². The molecule has 3 nitrogen and oxygen atoms in total. The predicted molar refractivity (Wildman–Crippen MR) is 77.3 cm³/mol. The molecule has 1 N–H and O–H groups in total. The van der Waals surface area contributed by atoms with Crippen LogP contribution in [0.3, 0.4) is 0 Å². The monoisotopic (exact) mass is 263 g/mol. The standard InChI is InChI=1S/C16H25NO2/c1-3-10-17-13(2)15-6-8-16(9-7-15)19-12-18-11-14-4-5-14/h6-9,13-14,17H,3-5,10-12H2,1-2H3. The van der Waals surface area contributed by atoms with E-state index in [-0.39, 0.29) is 0 Å². The summed E-state index contributed by atoms with van der Waals surface area (Å²) in [6.45, 7) is 6.62. The van der Waals surface area contributed by atoms with Crippen molar-refractivity contribution in [3.63, 3.8) is 0 Å². The second kappa shape index (κ2) is 7.51. The Morgan fingerprint density at radius 3 is 2.63 bits per heavy atom. The first-order valence-electron chi connectivity index (χ1n) is 7.33. The molecule has 1 saturated carbocycles. The Hall–Kier alpha value is -1.06. The number of hydrogen-bond donors (Lipinski definition) is 1. The first-order chi connectivity index (χ1) is 9.29. The van der Waals surface area contributed by atoms with Crippen LogP contribution in [-0.4, -0.2) is 19.9 Å². The maximum absolute atomic E-state index is 5.56. The van der Waals surface area contributed by atoms with Gasteiger partial charge in [0.15, 0.2) is 6.79 Å². The maximum Gasteiger partial charge on any atom is 0.189 e. The van der Waals surface area contributed by atoms with Crippen LogP contribution in [0.15, 0.2) is 24.3 Å². The Morgan fingerprint density at radius 2 is 2.00 bits per heavy atom. The van der Waals surface area contributed by atoms with Gasteiger partial charge in [-0.3, -0.25) is 0 Å². The highest BCUT2D eigenvalue weighted by Crippen LogP contribution is 2.28. The third kappa shape index (κ3) is 5.21. The molecule has 106 valence electrons. The van der Waals surface area contributed by atoms with E-state index in [1.165, 1.54) is 18.4 Å². The fourth-order valence-corrected chi connectivity index (χ4v) is 1.94. The lowest BCUT2D eigenvalue weighted by molar-refractivity contribution is 0.00997. The molecule has 0 spiro atoms. The van der Waals surface area contributed by atoms with Gasteiger partial charge in [-0.15, -0.1) is 0 Å². The van der Waals surface area contributed by atoms with E-state index in [2.05, 4.69) is 31.3 Å². The summed E-state index contributed by atoms with van der Waals surface area (Å²) >= 11 is 0. The first-order valence-corrected chi connectivity index (χ1v) is 7.33. The molecule has 1 aliphatic carbocycles. The van der Waals surface area contributed by atoms with Gasteiger partial charge in [-0.25, -0.2) is 0 Å². The van der Waals surface area contributed by atoms with Crippen molar-refractivity contribution in [1.82, 2.24) is 5.32 Å². The fourth-order valence-electron chi connectivity index (χ4n) is 1.94. The van der Waals surface area contributed by atoms with Crippen LogP contribution in [0.5, 0.6) is 5.75 Å². The Bertz CT molecular complexity index is 360. The zero-order valence-corrected chi connectivity index (χ0v) is 12.0. The predicted octanol–water partition coefficient (Wildman–Crippen LogP) is 3.51. The summed E-state index contributed by atoms with van der Waals surface area (Å²) in [6.07, 6.45) is 3.79. The second-order valence-corrected chi connectivity index (χ2v) is 5.32. The van der Waals surface area contributed by atoms with Gasteiger partial charge in [0, 0.05) is 6.04 Å². The number of hydrogen-bond acceptors (Lipinski definition) is 3. The van der Waals surface area contributed by atoms with E-state index in [4.69, 9.17) is 9.47 Å². The molecule has 0 heterocycles. The summed E-state index contributed by atoms with van der Waals surface area (Å²) in [4.78, 5) is 0. The Labute approximate surface area is 116 Å². The minimum absolute atomic E-state index is 0.361. The van der Waals surface area contributed by atoms with Crippen molar-refractivity contribution < 1.29 is 9.47 Å². The molecule has 1 fully saturated rings. The molecule has 0 radical (unpaired) electrons. The smallest absolute Gasteiger partial charge is 0.189 e. The van der Waals surface area contributed by atoms with E-state index in [0.717, 1.165) is 31.2 Å². The van der Waals surface area contributed by atoms with Crippen LogP contribution in [0.2, 0.25) is 0 Å². The molecule has 1 aliphatic rings. The van der Waals surface area contributed by atoms with E-state index in [9.17, 15) is 0 Å². The molecule has 19 heavy (non-hydrogen) atoms. The lowest BCUT2D eigenvalue weighted by atomic mass is 10.1. The normalized spacial score (nSPS) is 16.3. The van der Waals surface area contributed by atoms with Crippen molar-refractivity contribution in [1.29, 1.82) is 0 Å². The van der Waals surface area contributed by atoms with Gasteiger partial charge in [0.05, 0.1) is 6.61 Å². The van der Waals surface area contributed by atoms with Crippen molar-refractivity contribution in [2.24, 2.45) is 5.92 Å². The minimum atomic E-state index is 0.361. The molecule has 0 bridgehead atoms. The van der Waals surface area contributed by atoms with Crippen molar-refractivity contribution in [2.45, 2.75) is 39.2 Å². The maximum atomic E-state index is 5.56. The minimum Gasteiger partial charge on any atom is -0.468 e. The lowest BCUT2D eigenvalue weighted by Gasteiger charge is -2.14. The highest BCUT2D eigenvalue weighted by Gasteiger charge is 2.21. The van der Waals surface area contributed by atoms with Gasteiger partial charge in [-0.05, 0) is 56.3 Å². The quantitative estimate of drug-likeness (QED) is 0.546.